The number of hydrogen-bond acceptors (Lipinski definition) is 5. The van der Waals surface area contributed by atoms with E-state index in [4.69, 9.17) is 9.26 Å². The van der Waals surface area contributed by atoms with Crippen LogP contribution >= 0.6 is 0 Å². The first-order valence-corrected chi connectivity index (χ1v) is 9.05. The molecule has 4 rings (SSSR count). The lowest BCUT2D eigenvalue weighted by molar-refractivity contribution is 0.0520. The minimum atomic E-state index is -0.0281. The number of hydrogen-bond donors (Lipinski definition) is 0. The maximum absolute atomic E-state index is 12.6. The van der Waals surface area contributed by atoms with Crippen LogP contribution in [-0.4, -0.2) is 67.3 Å². The fourth-order valence-corrected chi connectivity index (χ4v) is 4.34. The molecule has 0 radical (unpaired) electrons. The summed E-state index contributed by atoms with van der Waals surface area (Å²) in [4.78, 5) is 17.0. The zero-order valence-corrected chi connectivity index (χ0v) is 14.7. The molecule has 0 N–H and O–H groups in total. The molecule has 0 unspecified atom stereocenters. The van der Waals surface area contributed by atoms with Crippen molar-refractivity contribution in [3.05, 3.63) is 17.5 Å². The van der Waals surface area contributed by atoms with Crippen molar-refractivity contribution in [1.29, 1.82) is 0 Å². The van der Waals surface area contributed by atoms with Crippen LogP contribution in [0.3, 0.4) is 0 Å². The minimum Gasteiger partial charge on any atom is -0.381 e. The van der Waals surface area contributed by atoms with Crippen LogP contribution in [0.2, 0.25) is 0 Å². The van der Waals surface area contributed by atoms with Gasteiger partial charge in [-0.3, -0.25) is 4.79 Å². The molecular formula is C18H27N3O3. The summed E-state index contributed by atoms with van der Waals surface area (Å²) in [5.41, 5.74) is 0.919. The zero-order chi connectivity index (χ0) is 16.7. The summed E-state index contributed by atoms with van der Waals surface area (Å²) < 4.78 is 11.2. The summed E-state index contributed by atoms with van der Waals surface area (Å²) in [6.45, 7) is 7.28. The fourth-order valence-electron chi connectivity index (χ4n) is 4.34. The number of carbonyl (C=O) groups excluding carboxylic acids is 1. The second kappa shape index (κ2) is 6.15. The Labute approximate surface area is 143 Å². The van der Waals surface area contributed by atoms with Crippen molar-refractivity contribution in [3.8, 4) is 0 Å². The van der Waals surface area contributed by atoms with Crippen molar-refractivity contribution >= 4 is 5.91 Å². The van der Waals surface area contributed by atoms with Crippen molar-refractivity contribution in [2.75, 3.05) is 46.4 Å². The van der Waals surface area contributed by atoms with E-state index in [0.717, 1.165) is 57.4 Å². The van der Waals surface area contributed by atoms with E-state index in [1.165, 1.54) is 12.8 Å². The van der Waals surface area contributed by atoms with Gasteiger partial charge in [0.2, 0.25) is 5.76 Å². The van der Waals surface area contributed by atoms with Crippen molar-refractivity contribution < 1.29 is 14.1 Å². The molecule has 132 valence electrons. The number of carbonyl (C=O) groups is 1. The Balaban J connectivity index is 1.41. The Bertz CT molecular complexity index is 612. The summed E-state index contributed by atoms with van der Waals surface area (Å²) in [7, 11) is 2.17. The van der Waals surface area contributed by atoms with E-state index in [1.54, 1.807) is 6.07 Å². The molecular weight excluding hydrogens is 306 g/mol. The van der Waals surface area contributed by atoms with Crippen LogP contribution < -0.4 is 0 Å². The highest BCUT2D eigenvalue weighted by Gasteiger charge is 2.50. The maximum atomic E-state index is 12.6. The molecule has 0 aromatic carbocycles. The largest absolute Gasteiger partial charge is 0.381 e. The Kier molecular flexibility index (Phi) is 4.12. The third-order valence-corrected chi connectivity index (χ3v) is 5.86. The zero-order valence-electron chi connectivity index (χ0n) is 14.7. The lowest BCUT2D eigenvalue weighted by Crippen LogP contribution is -2.38. The topological polar surface area (TPSA) is 58.8 Å². The molecule has 24 heavy (non-hydrogen) atoms. The van der Waals surface area contributed by atoms with E-state index in [0.29, 0.717) is 11.7 Å². The standard InChI is InChI=1S/C18H27N3O3/c1-13-7-16(24-19-13)17(22)21-6-5-18(12-21)11-20(2)8-15(18)10-23-9-14-3-4-14/h7,14-15H,3-6,8-12H2,1-2H3/t15-,18-/m1/s1. The lowest BCUT2D eigenvalue weighted by Gasteiger charge is -2.30. The van der Waals surface area contributed by atoms with Gasteiger partial charge in [-0.05, 0) is 39.2 Å². The Hall–Kier alpha value is -1.40. The predicted molar refractivity (Wildman–Crippen MR) is 88.7 cm³/mol. The number of ether oxygens (including phenoxy) is 1. The van der Waals surface area contributed by atoms with Crippen LogP contribution in [0.25, 0.3) is 0 Å². The second-order valence-corrected chi connectivity index (χ2v) is 8.05. The van der Waals surface area contributed by atoms with Crippen LogP contribution in [0.5, 0.6) is 0 Å². The first-order chi connectivity index (χ1) is 11.6. The Morgan fingerprint density at radius 1 is 1.42 bits per heavy atom. The van der Waals surface area contributed by atoms with E-state index in [9.17, 15) is 4.79 Å². The third kappa shape index (κ3) is 3.09. The highest BCUT2D eigenvalue weighted by atomic mass is 16.5. The summed E-state index contributed by atoms with van der Waals surface area (Å²) in [6.07, 6.45) is 3.71. The SMILES string of the molecule is Cc1cc(C(=O)N2CC[C@@]3(CN(C)C[C@@H]3COCC3CC3)C2)on1. The Morgan fingerprint density at radius 3 is 2.96 bits per heavy atom. The van der Waals surface area contributed by atoms with Crippen LogP contribution in [0.1, 0.15) is 35.5 Å². The van der Waals surface area contributed by atoms with Crippen molar-refractivity contribution in [2.24, 2.45) is 17.3 Å². The monoisotopic (exact) mass is 333 g/mol. The fraction of sp³-hybridized carbons (Fsp3) is 0.778. The number of aryl methyl sites for hydroxylation is 1. The lowest BCUT2D eigenvalue weighted by atomic mass is 9.77. The second-order valence-electron chi connectivity index (χ2n) is 8.05. The third-order valence-electron chi connectivity index (χ3n) is 5.86. The molecule has 1 aliphatic carbocycles. The van der Waals surface area contributed by atoms with Gasteiger partial charge in [-0.25, -0.2) is 0 Å². The number of likely N-dealkylation sites (tertiary alicyclic amines) is 2. The van der Waals surface area contributed by atoms with Gasteiger partial charge in [0.1, 0.15) is 0 Å². The van der Waals surface area contributed by atoms with Crippen LogP contribution in [0.4, 0.5) is 0 Å². The molecule has 1 spiro atoms. The summed E-state index contributed by atoms with van der Waals surface area (Å²) >= 11 is 0. The molecule has 0 bridgehead atoms. The number of amides is 1. The molecule has 2 atom stereocenters. The first kappa shape index (κ1) is 16.1. The van der Waals surface area contributed by atoms with Crippen molar-refractivity contribution in [1.82, 2.24) is 15.0 Å². The smallest absolute Gasteiger partial charge is 0.292 e. The van der Waals surface area contributed by atoms with Gasteiger partial charge in [0, 0.05) is 50.2 Å². The van der Waals surface area contributed by atoms with Crippen molar-refractivity contribution in [2.45, 2.75) is 26.2 Å². The predicted octanol–water partition coefficient (Wildman–Crippen LogP) is 1.80. The van der Waals surface area contributed by atoms with Gasteiger partial charge in [0.05, 0.1) is 12.3 Å². The molecule has 1 saturated carbocycles. The molecule has 1 aromatic rings. The van der Waals surface area contributed by atoms with E-state index >= 15 is 0 Å². The number of aromatic nitrogens is 1. The van der Waals surface area contributed by atoms with Gasteiger partial charge in [-0.15, -0.1) is 0 Å². The van der Waals surface area contributed by atoms with Gasteiger partial charge >= 0.3 is 0 Å². The highest BCUT2D eigenvalue weighted by Crippen LogP contribution is 2.44. The molecule has 2 aliphatic heterocycles. The van der Waals surface area contributed by atoms with Gasteiger partial charge < -0.3 is 19.1 Å². The molecule has 1 amide bonds. The quantitative estimate of drug-likeness (QED) is 0.822. The van der Waals surface area contributed by atoms with Gasteiger partial charge in [0.15, 0.2) is 0 Å². The Morgan fingerprint density at radius 2 is 2.25 bits per heavy atom. The molecule has 6 heteroatoms. The first-order valence-electron chi connectivity index (χ1n) is 9.05. The van der Waals surface area contributed by atoms with Gasteiger partial charge in [0.25, 0.3) is 5.91 Å². The summed E-state index contributed by atoms with van der Waals surface area (Å²) in [6, 6.07) is 1.73. The normalized spacial score (nSPS) is 30.6. The average Bonchev–Trinajstić information content (AvgIpc) is 2.98. The van der Waals surface area contributed by atoms with Crippen LogP contribution in [0.15, 0.2) is 10.6 Å². The summed E-state index contributed by atoms with van der Waals surface area (Å²) in [5, 5.41) is 3.84. The molecule has 1 aromatic heterocycles. The maximum Gasteiger partial charge on any atom is 0.292 e. The van der Waals surface area contributed by atoms with Crippen LogP contribution in [0, 0.1) is 24.2 Å². The van der Waals surface area contributed by atoms with E-state index in [1.807, 2.05) is 11.8 Å². The van der Waals surface area contributed by atoms with Crippen LogP contribution in [-0.2, 0) is 4.74 Å². The average molecular weight is 333 g/mol. The summed E-state index contributed by atoms with van der Waals surface area (Å²) in [5.74, 6) is 1.64. The number of rotatable bonds is 5. The molecule has 6 nitrogen and oxygen atoms in total. The molecule has 3 heterocycles. The highest BCUT2D eigenvalue weighted by molar-refractivity contribution is 5.91. The van der Waals surface area contributed by atoms with Crippen molar-refractivity contribution in [3.63, 3.8) is 0 Å². The van der Waals surface area contributed by atoms with E-state index < -0.39 is 0 Å². The van der Waals surface area contributed by atoms with Gasteiger partial charge in [-0.1, -0.05) is 5.16 Å². The minimum absolute atomic E-state index is 0.0281. The molecule has 3 fully saturated rings. The molecule has 2 saturated heterocycles. The molecule has 3 aliphatic rings. The van der Waals surface area contributed by atoms with Gasteiger partial charge in [-0.2, -0.15) is 0 Å². The number of nitrogens with zero attached hydrogens (tertiary/aromatic N) is 3. The van der Waals surface area contributed by atoms with E-state index in [-0.39, 0.29) is 11.3 Å². The van der Waals surface area contributed by atoms with E-state index in [2.05, 4.69) is 17.1 Å².